The molecule has 1 amide bonds. The molecule has 0 aliphatic rings. The molecular weight excluding hydrogens is 233 g/mol. The third-order valence-corrected chi connectivity index (χ3v) is 2.46. The molecule has 2 aromatic rings. The highest BCUT2D eigenvalue weighted by Gasteiger charge is 2.05. The maximum atomic E-state index is 12.8. The van der Waals surface area contributed by atoms with E-state index < -0.39 is 6.67 Å². The van der Waals surface area contributed by atoms with Gasteiger partial charge in [-0.3, -0.25) is 4.79 Å². The van der Waals surface area contributed by atoms with Crippen molar-refractivity contribution in [1.29, 1.82) is 0 Å². The molecule has 0 aliphatic carbocycles. The molecule has 0 saturated heterocycles. The van der Waals surface area contributed by atoms with Gasteiger partial charge in [0.05, 0.1) is 12.0 Å². The maximum absolute atomic E-state index is 12.8. The number of carbonyl (C=O) groups excluding carboxylic acids is 1. The van der Waals surface area contributed by atoms with Gasteiger partial charge in [-0.2, -0.15) is 0 Å². The summed E-state index contributed by atoms with van der Waals surface area (Å²) in [4.78, 5) is 15.2. The molecule has 0 radical (unpaired) electrons. The van der Waals surface area contributed by atoms with Crippen molar-refractivity contribution < 1.29 is 9.18 Å². The molecule has 5 heteroatoms. The highest BCUT2D eigenvalue weighted by Crippen LogP contribution is 2.19. The number of carbonyl (C=O) groups is 1. The number of imidazole rings is 1. The van der Waals surface area contributed by atoms with Gasteiger partial charge in [0, 0.05) is 24.5 Å². The van der Waals surface area contributed by atoms with Gasteiger partial charge in [0.2, 0.25) is 5.91 Å². The van der Waals surface area contributed by atoms with Gasteiger partial charge in [0.1, 0.15) is 6.67 Å². The molecule has 94 valence electrons. The average Bonchev–Trinajstić information content (AvgIpc) is 2.74. The molecule has 0 atom stereocenters. The first kappa shape index (κ1) is 12.3. The first-order valence-electron chi connectivity index (χ1n) is 5.57. The summed E-state index contributed by atoms with van der Waals surface area (Å²) in [6.45, 7) is 2.72. The van der Waals surface area contributed by atoms with E-state index >= 15 is 0 Å². The molecule has 1 aromatic carbocycles. The quantitative estimate of drug-likeness (QED) is 0.906. The molecule has 0 bridgehead atoms. The summed E-state index contributed by atoms with van der Waals surface area (Å²) in [6.07, 6.45) is 3.50. The van der Waals surface area contributed by atoms with Gasteiger partial charge in [0.25, 0.3) is 0 Å². The second kappa shape index (κ2) is 5.00. The Bertz CT molecular complexity index is 577. The predicted octanol–water partition coefficient (Wildman–Crippen LogP) is 2.61. The van der Waals surface area contributed by atoms with Gasteiger partial charge in [-0.25, -0.2) is 9.37 Å². The number of benzene rings is 1. The zero-order valence-electron chi connectivity index (χ0n) is 10.3. The first-order valence-corrected chi connectivity index (χ1v) is 5.57. The molecule has 18 heavy (non-hydrogen) atoms. The number of aromatic nitrogens is 2. The number of hydrogen-bond donors (Lipinski definition) is 1. The van der Waals surface area contributed by atoms with Gasteiger partial charge < -0.3 is 9.88 Å². The van der Waals surface area contributed by atoms with Crippen LogP contribution in [0.25, 0.3) is 5.69 Å². The van der Waals surface area contributed by atoms with Crippen LogP contribution in [0.15, 0.2) is 30.7 Å². The van der Waals surface area contributed by atoms with E-state index in [0.717, 1.165) is 11.4 Å². The van der Waals surface area contributed by atoms with E-state index in [0.29, 0.717) is 11.3 Å². The molecule has 0 spiro atoms. The number of halogens is 1. The minimum absolute atomic E-state index is 0.182. The number of aryl methyl sites for hydroxylation is 1. The van der Waals surface area contributed by atoms with Crippen LogP contribution in [0.2, 0.25) is 0 Å². The van der Waals surface area contributed by atoms with E-state index in [1.165, 1.54) is 6.92 Å². The fraction of sp³-hybridized carbons (Fsp3) is 0.231. The summed E-state index contributed by atoms with van der Waals surface area (Å²) in [5, 5.41) is 2.66. The average molecular weight is 247 g/mol. The Balaban J connectivity index is 2.43. The second-order valence-corrected chi connectivity index (χ2v) is 4.13. The summed E-state index contributed by atoms with van der Waals surface area (Å²) in [6, 6.07) is 5.13. The molecule has 4 nitrogen and oxygen atoms in total. The van der Waals surface area contributed by atoms with Gasteiger partial charge in [-0.15, -0.1) is 0 Å². The third kappa shape index (κ3) is 2.74. The van der Waals surface area contributed by atoms with Crippen LogP contribution in [-0.2, 0) is 11.5 Å². The van der Waals surface area contributed by atoms with Crippen LogP contribution < -0.4 is 5.32 Å². The van der Waals surface area contributed by atoms with E-state index in [9.17, 15) is 9.18 Å². The van der Waals surface area contributed by atoms with Crippen LogP contribution in [0, 0.1) is 6.92 Å². The van der Waals surface area contributed by atoms with E-state index in [4.69, 9.17) is 0 Å². The lowest BCUT2D eigenvalue weighted by molar-refractivity contribution is -0.114. The third-order valence-electron chi connectivity index (χ3n) is 2.46. The molecule has 0 saturated carbocycles. The van der Waals surface area contributed by atoms with Gasteiger partial charge >= 0.3 is 0 Å². The minimum atomic E-state index is -0.575. The summed E-state index contributed by atoms with van der Waals surface area (Å²) >= 11 is 0. The second-order valence-electron chi connectivity index (χ2n) is 4.13. The summed E-state index contributed by atoms with van der Waals surface area (Å²) in [5.41, 5.74) is 2.75. The molecule has 0 unspecified atom stereocenters. The summed E-state index contributed by atoms with van der Waals surface area (Å²) in [5.74, 6) is -0.182. The SMILES string of the molecule is CC(=O)Nc1cc(CF)cc(-n2cnc(C)c2)c1. The van der Waals surface area contributed by atoms with Crippen molar-refractivity contribution in [2.75, 3.05) is 5.32 Å². The van der Waals surface area contributed by atoms with Crippen LogP contribution in [0.3, 0.4) is 0 Å². The Labute approximate surface area is 104 Å². The Hall–Kier alpha value is -2.17. The van der Waals surface area contributed by atoms with Crippen molar-refractivity contribution in [3.05, 3.63) is 42.0 Å². The highest BCUT2D eigenvalue weighted by molar-refractivity contribution is 5.89. The number of nitrogens with zero attached hydrogens (tertiary/aromatic N) is 2. The highest BCUT2D eigenvalue weighted by atomic mass is 19.1. The lowest BCUT2D eigenvalue weighted by Crippen LogP contribution is -2.07. The number of alkyl halides is 1. The van der Waals surface area contributed by atoms with Gasteiger partial charge in [-0.1, -0.05) is 0 Å². The standard InChI is InChI=1S/C13H14FN3O/c1-9-7-17(8-15-9)13-4-11(6-14)3-12(5-13)16-10(2)18/h3-5,7-8H,6H2,1-2H3,(H,16,18). The molecule has 1 aromatic heterocycles. The monoisotopic (exact) mass is 247 g/mol. The van der Waals surface area contributed by atoms with Crippen molar-refractivity contribution in [2.45, 2.75) is 20.5 Å². The molecule has 1 heterocycles. The zero-order valence-corrected chi connectivity index (χ0v) is 10.3. The fourth-order valence-electron chi connectivity index (χ4n) is 1.74. The van der Waals surface area contributed by atoms with Crippen molar-refractivity contribution in [1.82, 2.24) is 9.55 Å². The van der Waals surface area contributed by atoms with Crippen molar-refractivity contribution in [3.63, 3.8) is 0 Å². The molecule has 0 aliphatic heterocycles. The Morgan fingerprint density at radius 1 is 1.44 bits per heavy atom. The lowest BCUT2D eigenvalue weighted by atomic mass is 10.2. The topological polar surface area (TPSA) is 46.9 Å². The number of rotatable bonds is 3. The lowest BCUT2D eigenvalue weighted by Gasteiger charge is -2.09. The maximum Gasteiger partial charge on any atom is 0.221 e. The Morgan fingerprint density at radius 2 is 2.22 bits per heavy atom. The zero-order chi connectivity index (χ0) is 13.1. The van der Waals surface area contributed by atoms with Crippen LogP contribution in [-0.4, -0.2) is 15.5 Å². The van der Waals surface area contributed by atoms with E-state index in [1.54, 1.807) is 29.1 Å². The van der Waals surface area contributed by atoms with Gasteiger partial charge in [0.15, 0.2) is 0 Å². The predicted molar refractivity (Wildman–Crippen MR) is 67.4 cm³/mol. The van der Waals surface area contributed by atoms with Crippen LogP contribution in [0.1, 0.15) is 18.2 Å². The number of anilines is 1. The Kier molecular flexibility index (Phi) is 3.41. The van der Waals surface area contributed by atoms with Crippen LogP contribution >= 0.6 is 0 Å². The Morgan fingerprint density at radius 3 is 2.78 bits per heavy atom. The smallest absolute Gasteiger partial charge is 0.221 e. The van der Waals surface area contributed by atoms with Crippen molar-refractivity contribution >= 4 is 11.6 Å². The molecular formula is C13H14FN3O. The molecule has 1 N–H and O–H groups in total. The van der Waals surface area contributed by atoms with E-state index in [1.807, 2.05) is 13.1 Å². The first-order chi connectivity index (χ1) is 8.58. The number of nitrogens with one attached hydrogen (secondary N) is 1. The van der Waals surface area contributed by atoms with Crippen LogP contribution in [0.5, 0.6) is 0 Å². The number of hydrogen-bond acceptors (Lipinski definition) is 2. The summed E-state index contributed by atoms with van der Waals surface area (Å²) < 4.78 is 14.6. The van der Waals surface area contributed by atoms with E-state index in [-0.39, 0.29) is 5.91 Å². The van der Waals surface area contributed by atoms with Crippen molar-refractivity contribution in [2.24, 2.45) is 0 Å². The molecule has 2 rings (SSSR count). The van der Waals surface area contributed by atoms with Crippen LogP contribution in [0.4, 0.5) is 10.1 Å². The van der Waals surface area contributed by atoms with E-state index in [2.05, 4.69) is 10.3 Å². The normalized spacial score (nSPS) is 10.4. The number of amides is 1. The van der Waals surface area contributed by atoms with Gasteiger partial charge in [-0.05, 0) is 30.7 Å². The van der Waals surface area contributed by atoms with Crippen molar-refractivity contribution in [3.8, 4) is 5.69 Å². The largest absolute Gasteiger partial charge is 0.326 e. The fourth-order valence-corrected chi connectivity index (χ4v) is 1.74. The summed E-state index contributed by atoms with van der Waals surface area (Å²) in [7, 11) is 0. The minimum Gasteiger partial charge on any atom is -0.326 e. The molecule has 0 fully saturated rings.